The van der Waals surface area contributed by atoms with Crippen molar-refractivity contribution in [1.29, 1.82) is 0 Å². The van der Waals surface area contributed by atoms with E-state index in [1.807, 2.05) is 56.4 Å². The van der Waals surface area contributed by atoms with Crippen molar-refractivity contribution >= 4 is 18.0 Å². The predicted molar refractivity (Wildman–Crippen MR) is 91.5 cm³/mol. The Morgan fingerprint density at radius 3 is 2.52 bits per heavy atom. The van der Waals surface area contributed by atoms with Gasteiger partial charge in [0.05, 0.1) is 0 Å². The van der Waals surface area contributed by atoms with Crippen LogP contribution in [0.2, 0.25) is 0 Å². The zero-order valence-corrected chi connectivity index (χ0v) is 13.8. The van der Waals surface area contributed by atoms with Gasteiger partial charge in [0.15, 0.2) is 6.29 Å². The largest absolute Gasteiger partial charge is 0.380 e. The van der Waals surface area contributed by atoms with Gasteiger partial charge in [-0.15, -0.1) is 0 Å². The summed E-state index contributed by atoms with van der Waals surface area (Å²) in [6.07, 6.45) is 4.93. The quantitative estimate of drug-likeness (QED) is 0.707. The molecule has 0 aliphatic heterocycles. The monoisotopic (exact) mass is 286 g/mol. The van der Waals surface area contributed by atoms with E-state index in [4.69, 9.17) is 0 Å². The van der Waals surface area contributed by atoms with Gasteiger partial charge in [0.2, 0.25) is 0 Å². The number of aldehydes is 1. The van der Waals surface area contributed by atoms with Crippen LogP contribution in [0.3, 0.4) is 0 Å². The molecule has 1 aromatic rings. The SMILES string of the molecule is C=C(C)N(C)c1cccc(C=O)c1/C=C\N(C)CC(C)C. The Bertz CT molecular complexity index is 532. The van der Waals surface area contributed by atoms with Crippen LogP contribution in [0.15, 0.2) is 36.7 Å². The summed E-state index contributed by atoms with van der Waals surface area (Å²) in [6, 6.07) is 5.74. The molecular formula is C18H26N2O. The first-order valence-electron chi connectivity index (χ1n) is 7.22. The van der Waals surface area contributed by atoms with Crippen LogP contribution in [0.4, 0.5) is 5.69 Å². The molecule has 0 atom stereocenters. The van der Waals surface area contributed by atoms with E-state index >= 15 is 0 Å². The topological polar surface area (TPSA) is 23.6 Å². The first-order valence-corrected chi connectivity index (χ1v) is 7.22. The molecule has 0 aromatic heterocycles. The molecule has 114 valence electrons. The average Bonchev–Trinajstić information content (AvgIpc) is 2.42. The Morgan fingerprint density at radius 1 is 1.33 bits per heavy atom. The molecule has 0 fully saturated rings. The molecule has 1 aromatic carbocycles. The molecule has 0 N–H and O–H groups in total. The second-order valence-electron chi connectivity index (χ2n) is 5.84. The van der Waals surface area contributed by atoms with Gasteiger partial charge in [-0.1, -0.05) is 32.6 Å². The molecule has 0 saturated heterocycles. The summed E-state index contributed by atoms with van der Waals surface area (Å²) in [6.45, 7) is 11.3. The van der Waals surface area contributed by atoms with E-state index in [1.165, 1.54) is 0 Å². The first kappa shape index (κ1) is 17.0. The van der Waals surface area contributed by atoms with Crippen LogP contribution in [0.5, 0.6) is 0 Å². The van der Waals surface area contributed by atoms with Crippen molar-refractivity contribution in [3.05, 3.63) is 47.8 Å². The summed E-state index contributed by atoms with van der Waals surface area (Å²) in [5.74, 6) is 0.596. The highest BCUT2D eigenvalue weighted by molar-refractivity contribution is 5.87. The molecule has 0 saturated carbocycles. The first-order chi connectivity index (χ1) is 9.86. The molecule has 1 rings (SSSR count). The third-order valence-corrected chi connectivity index (χ3v) is 3.33. The van der Waals surface area contributed by atoms with E-state index in [1.54, 1.807) is 0 Å². The van der Waals surface area contributed by atoms with Gasteiger partial charge in [-0.3, -0.25) is 4.79 Å². The highest BCUT2D eigenvalue weighted by atomic mass is 16.1. The lowest BCUT2D eigenvalue weighted by Crippen LogP contribution is -2.17. The molecular weight excluding hydrogens is 260 g/mol. The summed E-state index contributed by atoms with van der Waals surface area (Å²) in [4.78, 5) is 15.4. The Morgan fingerprint density at radius 2 is 2.00 bits per heavy atom. The third-order valence-electron chi connectivity index (χ3n) is 3.33. The van der Waals surface area contributed by atoms with Crippen molar-refractivity contribution in [3.63, 3.8) is 0 Å². The average molecular weight is 286 g/mol. The van der Waals surface area contributed by atoms with E-state index < -0.39 is 0 Å². The molecule has 0 unspecified atom stereocenters. The fourth-order valence-corrected chi connectivity index (χ4v) is 2.19. The molecule has 3 nitrogen and oxygen atoms in total. The molecule has 0 bridgehead atoms. The van der Waals surface area contributed by atoms with Crippen LogP contribution >= 0.6 is 0 Å². The minimum Gasteiger partial charge on any atom is -0.380 e. The normalized spacial score (nSPS) is 11.0. The Kier molecular flexibility index (Phi) is 6.22. The summed E-state index contributed by atoms with van der Waals surface area (Å²) in [7, 11) is 4.00. The number of rotatable bonds is 7. The molecule has 3 heteroatoms. The van der Waals surface area contributed by atoms with Gasteiger partial charge in [-0.25, -0.2) is 0 Å². The lowest BCUT2D eigenvalue weighted by atomic mass is 10.0. The molecule has 0 spiro atoms. The maximum absolute atomic E-state index is 11.3. The molecule has 0 heterocycles. The van der Waals surface area contributed by atoms with Crippen LogP contribution in [-0.4, -0.2) is 31.8 Å². The zero-order chi connectivity index (χ0) is 16.0. The minimum absolute atomic E-state index is 0.596. The summed E-state index contributed by atoms with van der Waals surface area (Å²) >= 11 is 0. The van der Waals surface area contributed by atoms with Crippen molar-refractivity contribution in [2.45, 2.75) is 20.8 Å². The predicted octanol–water partition coefficient (Wildman–Crippen LogP) is 4.03. The van der Waals surface area contributed by atoms with Crippen LogP contribution in [0, 0.1) is 5.92 Å². The van der Waals surface area contributed by atoms with Crippen molar-refractivity contribution < 1.29 is 4.79 Å². The Balaban J connectivity index is 3.16. The van der Waals surface area contributed by atoms with Crippen LogP contribution in [0.1, 0.15) is 36.7 Å². The number of hydrogen-bond donors (Lipinski definition) is 0. The molecule has 0 amide bonds. The van der Waals surface area contributed by atoms with Crippen molar-refractivity contribution in [3.8, 4) is 0 Å². The highest BCUT2D eigenvalue weighted by Crippen LogP contribution is 2.26. The fraction of sp³-hybridized carbons (Fsp3) is 0.389. The highest BCUT2D eigenvalue weighted by Gasteiger charge is 2.10. The van der Waals surface area contributed by atoms with Crippen LogP contribution in [0.25, 0.3) is 6.08 Å². The van der Waals surface area contributed by atoms with Gasteiger partial charge < -0.3 is 9.80 Å². The molecule has 0 aliphatic rings. The van der Waals surface area contributed by atoms with E-state index in [2.05, 4.69) is 25.3 Å². The van der Waals surface area contributed by atoms with E-state index in [0.29, 0.717) is 11.5 Å². The number of nitrogens with zero attached hydrogens (tertiary/aromatic N) is 2. The Hall–Kier alpha value is -2.03. The maximum atomic E-state index is 11.3. The molecule has 0 aliphatic carbocycles. The second kappa shape index (κ2) is 7.67. The van der Waals surface area contributed by atoms with Gasteiger partial charge in [-0.2, -0.15) is 0 Å². The van der Waals surface area contributed by atoms with Gasteiger partial charge in [0.25, 0.3) is 0 Å². The Labute approximate surface area is 128 Å². The fourth-order valence-electron chi connectivity index (χ4n) is 2.19. The van der Waals surface area contributed by atoms with Gasteiger partial charge in [-0.05, 0) is 31.2 Å². The van der Waals surface area contributed by atoms with Crippen molar-refractivity contribution in [1.82, 2.24) is 4.90 Å². The van der Waals surface area contributed by atoms with Gasteiger partial charge in [0.1, 0.15) is 0 Å². The smallest absolute Gasteiger partial charge is 0.150 e. The van der Waals surface area contributed by atoms with E-state index in [9.17, 15) is 4.79 Å². The van der Waals surface area contributed by atoms with Crippen molar-refractivity contribution in [2.75, 3.05) is 25.5 Å². The number of benzene rings is 1. The molecule has 21 heavy (non-hydrogen) atoms. The lowest BCUT2D eigenvalue weighted by Gasteiger charge is -2.23. The van der Waals surface area contributed by atoms with Gasteiger partial charge >= 0.3 is 0 Å². The second-order valence-corrected chi connectivity index (χ2v) is 5.84. The summed E-state index contributed by atoms with van der Waals surface area (Å²) in [5.41, 5.74) is 3.54. The number of hydrogen-bond acceptors (Lipinski definition) is 3. The minimum atomic E-state index is 0.596. The third kappa shape index (κ3) is 4.78. The number of carbonyl (C=O) groups excluding carboxylic acids is 1. The van der Waals surface area contributed by atoms with Crippen LogP contribution < -0.4 is 4.90 Å². The summed E-state index contributed by atoms with van der Waals surface area (Å²) in [5, 5.41) is 0. The van der Waals surface area contributed by atoms with E-state index in [-0.39, 0.29) is 0 Å². The maximum Gasteiger partial charge on any atom is 0.150 e. The summed E-state index contributed by atoms with van der Waals surface area (Å²) < 4.78 is 0. The van der Waals surface area contributed by atoms with Gasteiger partial charge in [0, 0.05) is 43.2 Å². The van der Waals surface area contributed by atoms with Crippen molar-refractivity contribution in [2.24, 2.45) is 5.92 Å². The standard InChI is InChI=1S/C18H26N2O/c1-14(2)12-19(5)11-10-17-16(13-21)8-7-9-18(17)20(6)15(3)4/h7-11,13-14H,3,12H2,1-2,4-6H3/b11-10-. The number of carbonyl (C=O) groups is 1. The van der Waals surface area contributed by atoms with Crippen LogP contribution in [-0.2, 0) is 0 Å². The zero-order valence-electron chi connectivity index (χ0n) is 13.8. The lowest BCUT2D eigenvalue weighted by molar-refractivity contribution is 0.112. The number of anilines is 1. The number of allylic oxidation sites excluding steroid dienone is 1. The van der Waals surface area contributed by atoms with E-state index in [0.717, 1.165) is 29.8 Å². The molecule has 0 radical (unpaired) electrons.